The highest BCUT2D eigenvalue weighted by molar-refractivity contribution is 5.31. The molecule has 0 aliphatic heterocycles. The van der Waals surface area contributed by atoms with E-state index in [0.29, 0.717) is 12.6 Å². The summed E-state index contributed by atoms with van der Waals surface area (Å²) in [5, 5.41) is 0. The van der Waals surface area contributed by atoms with E-state index in [1.165, 1.54) is 13.2 Å². The Morgan fingerprint density at radius 3 is 2.35 bits per heavy atom. The van der Waals surface area contributed by atoms with E-state index in [2.05, 4.69) is 32.6 Å². The molecule has 0 aromatic heterocycles. The second kappa shape index (κ2) is 6.55. The van der Waals surface area contributed by atoms with E-state index in [1.807, 2.05) is 13.1 Å². The number of hydrogen-bond donors (Lipinski definition) is 1. The number of benzene rings is 1. The predicted octanol–water partition coefficient (Wildman–Crippen LogP) is 3.20. The maximum absolute atomic E-state index is 13.9. The Morgan fingerprint density at radius 2 is 1.95 bits per heavy atom. The van der Waals surface area contributed by atoms with Crippen molar-refractivity contribution in [3.63, 3.8) is 0 Å². The minimum Gasteiger partial charge on any atom is -0.494 e. The van der Waals surface area contributed by atoms with Gasteiger partial charge in [-0.1, -0.05) is 26.8 Å². The molecule has 0 spiro atoms. The van der Waals surface area contributed by atoms with Crippen molar-refractivity contribution in [1.82, 2.24) is 4.90 Å². The molecule has 0 bridgehead atoms. The van der Waals surface area contributed by atoms with Crippen molar-refractivity contribution in [2.45, 2.75) is 39.8 Å². The highest BCUT2D eigenvalue weighted by Gasteiger charge is 2.29. The molecule has 0 aliphatic carbocycles. The summed E-state index contributed by atoms with van der Waals surface area (Å²) in [6.07, 6.45) is 0. The topological polar surface area (TPSA) is 38.5 Å². The number of methoxy groups -OCH3 is 1. The number of nitrogens with two attached hydrogens (primary N) is 1. The van der Waals surface area contributed by atoms with Crippen molar-refractivity contribution >= 4 is 0 Å². The van der Waals surface area contributed by atoms with Crippen LogP contribution >= 0.6 is 0 Å². The van der Waals surface area contributed by atoms with Gasteiger partial charge in [0, 0.05) is 18.6 Å². The zero-order valence-electron chi connectivity index (χ0n) is 13.4. The van der Waals surface area contributed by atoms with Crippen LogP contribution < -0.4 is 10.5 Å². The molecule has 1 aromatic rings. The monoisotopic (exact) mass is 282 g/mol. The molecule has 3 nitrogen and oxygen atoms in total. The van der Waals surface area contributed by atoms with Gasteiger partial charge in [0.25, 0.3) is 0 Å². The van der Waals surface area contributed by atoms with Crippen LogP contribution in [0.2, 0.25) is 0 Å². The van der Waals surface area contributed by atoms with Gasteiger partial charge in [-0.25, -0.2) is 4.39 Å². The summed E-state index contributed by atoms with van der Waals surface area (Å²) in [7, 11) is 3.50. The number of hydrogen-bond acceptors (Lipinski definition) is 3. The molecule has 0 saturated heterocycles. The lowest BCUT2D eigenvalue weighted by atomic mass is 9.86. The molecule has 0 saturated carbocycles. The van der Waals surface area contributed by atoms with E-state index in [-0.39, 0.29) is 23.0 Å². The summed E-state index contributed by atoms with van der Waals surface area (Å²) >= 11 is 0. The molecule has 1 aromatic carbocycles. The molecule has 4 heteroatoms. The third-order valence-corrected chi connectivity index (χ3v) is 4.14. The quantitative estimate of drug-likeness (QED) is 0.901. The zero-order chi connectivity index (χ0) is 15.5. The predicted molar refractivity (Wildman–Crippen MR) is 81.4 cm³/mol. The van der Waals surface area contributed by atoms with Crippen LogP contribution in [-0.2, 0) is 0 Å². The Morgan fingerprint density at radius 1 is 1.35 bits per heavy atom. The van der Waals surface area contributed by atoms with Crippen molar-refractivity contribution in [3.8, 4) is 5.75 Å². The summed E-state index contributed by atoms with van der Waals surface area (Å²) in [6.45, 7) is 9.19. The van der Waals surface area contributed by atoms with Gasteiger partial charge >= 0.3 is 0 Å². The van der Waals surface area contributed by atoms with Crippen molar-refractivity contribution in [2.75, 3.05) is 20.7 Å². The molecule has 0 heterocycles. The van der Waals surface area contributed by atoms with Gasteiger partial charge in [-0.15, -0.1) is 0 Å². The fraction of sp³-hybridized carbons (Fsp3) is 0.625. The SMILES string of the molecule is COc1ccc(C(CN)N(C)C(C)C(C)(C)C)cc1F. The molecule has 114 valence electrons. The number of halogens is 1. The molecule has 0 fully saturated rings. The van der Waals surface area contributed by atoms with E-state index < -0.39 is 0 Å². The van der Waals surface area contributed by atoms with Gasteiger partial charge in [-0.05, 0) is 37.1 Å². The number of ether oxygens (including phenoxy) is 1. The third kappa shape index (κ3) is 3.70. The van der Waals surface area contributed by atoms with E-state index in [4.69, 9.17) is 10.5 Å². The first-order chi connectivity index (χ1) is 9.22. The van der Waals surface area contributed by atoms with Crippen molar-refractivity contribution in [1.29, 1.82) is 0 Å². The molecule has 0 aliphatic rings. The molecule has 1 rings (SSSR count). The largest absolute Gasteiger partial charge is 0.494 e. The molecule has 2 N–H and O–H groups in total. The summed E-state index contributed by atoms with van der Waals surface area (Å²) < 4.78 is 18.8. The molecular weight excluding hydrogens is 255 g/mol. The molecule has 20 heavy (non-hydrogen) atoms. The third-order valence-electron chi connectivity index (χ3n) is 4.14. The maximum atomic E-state index is 13.9. The first-order valence-electron chi connectivity index (χ1n) is 6.97. The van der Waals surface area contributed by atoms with Gasteiger partial charge in [0.2, 0.25) is 0 Å². The van der Waals surface area contributed by atoms with Crippen LogP contribution in [0.15, 0.2) is 18.2 Å². The lowest BCUT2D eigenvalue weighted by Gasteiger charge is -2.40. The summed E-state index contributed by atoms with van der Waals surface area (Å²) in [5.41, 5.74) is 6.92. The Hall–Kier alpha value is -1.13. The molecule has 0 radical (unpaired) electrons. The maximum Gasteiger partial charge on any atom is 0.165 e. The van der Waals surface area contributed by atoms with Crippen LogP contribution in [0, 0.1) is 11.2 Å². The molecular formula is C16H27FN2O. The summed E-state index contributed by atoms with van der Waals surface area (Å²) in [5.74, 6) is -0.0868. The van der Waals surface area contributed by atoms with Gasteiger partial charge in [0.05, 0.1) is 7.11 Å². The standard InChI is InChI=1S/C16H27FN2O/c1-11(16(2,3)4)19(5)14(10-18)12-7-8-15(20-6)13(17)9-12/h7-9,11,14H,10,18H2,1-6H3. The van der Waals surface area contributed by atoms with Crippen molar-refractivity contribution in [3.05, 3.63) is 29.6 Å². The van der Waals surface area contributed by atoms with Gasteiger partial charge in [0.1, 0.15) is 0 Å². The second-order valence-corrected chi connectivity index (χ2v) is 6.35. The van der Waals surface area contributed by atoms with Crippen molar-refractivity contribution < 1.29 is 9.13 Å². The van der Waals surface area contributed by atoms with E-state index in [9.17, 15) is 4.39 Å². The van der Waals surface area contributed by atoms with E-state index in [1.54, 1.807) is 6.07 Å². The lowest BCUT2D eigenvalue weighted by molar-refractivity contribution is 0.0999. The Balaban J connectivity index is 3.04. The summed E-state index contributed by atoms with van der Waals surface area (Å²) in [4.78, 5) is 2.21. The van der Waals surface area contributed by atoms with Crippen molar-refractivity contribution in [2.24, 2.45) is 11.1 Å². The normalized spacial score (nSPS) is 15.2. The highest BCUT2D eigenvalue weighted by Crippen LogP contribution is 2.31. The van der Waals surface area contributed by atoms with E-state index in [0.717, 1.165) is 5.56 Å². The highest BCUT2D eigenvalue weighted by atomic mass is 19.1. The number of rotatable bonds is 5. The fourth-order valence-corrected chi connectivity index (χ4v) is 2.31. The number of likely N-dealkylation sites (N-methyl/N-ethyl adjacent to an activating group) is 1. The minimum atomic E-state index is -0.347. The zero-order valence-corrected chi connectivity index (χ0v) is 13.4. The number of nitrogens with zero attached hydrogens (tertiary/aromatic N) is 1. The smallest absolute Gasteiger partial charge is 0.165 e. The van der Waals surface area contributed by atoms with Crippen LogP contribution in [0.4, 0.5) is 4.39 Å². The van der Waals surface area contributed by atoms with Crippen LogP contribution in [0.1, 0.15) is 39.3 Å². The van der Waals surface area contributed by atoms with Gasteiger partial charge < -0.3 is 10.5 Å². The Labute approximate surface area is 121 Å². The van der Waals surface area contributed by atoms with Gasteiger partial charge in [-0.2, -0.15) is 0 Å². The average molecular weight is 282 g/mol. The molecule has 0 amide bonds. The Kier molecular flexibility index (Phi) is 5.54. The summed E-state index contributed by atoms with van der Waals surface area (Å²) in [6, 6.07) is 5.36. The molecule has 2 atom stereocenters. The second-order valence-electron chi connectivity index (χ2n) is 6.35. The lowest BCUT2D eigenvalue weighted by Crippen LogP contribution is -2.43. The molecule has 2 unspecified atom stereocenters. The first-order valence-corrected chi connectivity index (χ1v) is 6.97. The van der Waals surface area contributed by atoms with Crippen LogP contribution in [-0.4, -0.2) is 31.6 Å². The van der Waals surface area contributed by atoms with Crippen LogP contribution in [0.5, 0.6) is 5.75 Å². The average Bonchev–Trinajstić information content (AvgIpc) is 2.37. The van der Waals surface area contributed by atoms with E-state index >= 15 is 0 Å². The van der Waals surface area contributed by atoms with Crippen LogP contribution in [0.3, 0.4) is 0 Å². The fourth-order valence-electron chi connectivity index (χ4n) is 2.31. The Bertz CT molecular complexity index is 443. The van der Waals surface area contributed by atoms with Crippen LogP contribution in [0.25, 0.3) is 0 Å². The minimum absolute atomic E-state index is 0.00960. The van der Waals surface area contributed by atoms with Gasteiger partial charge in [-0.3, -0.25) is 4.90 Å². The van der Waals surface area contributed by atoms with Gasteiger partial charge in [0.15, 0.2) is 11.6 Å². The first kappa shape index (κ1) is 16.9.